The van der Waals surface area contributed by atoms with E-state index in [1.165, 1.54) is 37.8 Å². The van der Waals surface area contributed by atoms with Gasteiger partial charge in [0.05, 0.1) is 12.7 Å². The van der Waals surface area contributed by atoms with Crippen molar-refractivity contribution in [1.82, 2.24) is 4.90 Å². The summed E-state index contributed by atoms with van der Waals surface area (Å²) < 4.78 is 18.5. The largest absolute Gasteiger partial charge is 0.494 e. The van der Waals surface area contributed by atoms with E-state index in [1.54, 1.807) is 12.1 Å². The molecule has 0 aromatic heterocycles. The Morgan fingerprint density at radius 3 is 2.73 bits per heavy atom. The number of aliphatic hydroxyl groups excluding tert-OH is 1. The summed E-state index contributed by atoms with van der Waals surface area (Å²) >= 11 is 0. The molecule has 2 aliphatic rings. The lowest BCUT2D eigenvalue weighted by atomic mass is 9.76. The van der Waals surface area contributed by atoms with Crippen LogP contribution < -0.4 is 4.74 Å². The quantitative estimate of drug-likeness (QED) is 0.848. The van der Waals surface area contributed by atoms with Gasteiger partial charge in [-0.25, -0.2) is 4.39 Å². The second kappa shape index (κ2) is 6.97. The summed E-state index contributed by atoms with van der Waals surface area (Å²) in [5, 5.41) is 10.3. The van der Waals surface area contributed by atoms with Crippen LogP contribution in [0, 0.1) is 11.2 Å². The van der Waals surface area contributed by atoms with Gasteiger partial charge >= 0.3 is 0 Å². The molecule has 2 atom stereocenters. The normalized spacial score (nSPS) is 29.1. The van der Waals surface area contributed by atoms with Gasteiger partial charge in [-0.2, -0.15) is 0 Å². The zero-order valence-electron chi connectivity index (χ0n) is 13.1. The first-order chi connectivity index (χ1) is 10.7. The van der Waals surface area contributed by atoms with Crippen LogP contribution in [0.2, 0.25) is 0 Å². The molecule has 1 N–H and O–H groups in total. The van der Waals surface area contributed by atoms with E-state index in [0.717, 1.165) is 38.2 Å². The molecule has 0 unspecified atom stereocenters. The van der Waals surface area contributed by atoms with E-state index in [2.05, 4.69) is 4.90 Å². The predicted molar refractivity (Wildman–Crippen MR) is 84.5 cm³/mol. The highest BCUT2D eigenvalue weighted by Crippen LogP contribution is 2.44. The number of rotatable bonds is 5. The molecule has 1 aromatic rings. The monoisotopic (exact) mass is 307 g/mol. The highest BCUT2D eigenvalue weighted by atomic mass is 19.1. The maximum atomic E-state index is 12.8. The van der Waals surface area contributed by atoms with Gasteiger partial charge in [0.15, 0.2) is 0 Å². The van der Waals surface area contributed by atoms with E-state index in [-0.39, 0.29) is 17.3 Å². The summed E-state index contributed by atoms with van der Waals surface area (Å²) in [7, 11) is 0. The lowest BCUT2D eigenvalue weighted by Gasteiger charge is -2.42. The van der Waals surface area contributed by atoms with Crippen molar-refractivity contribution in [1.29, 1.82) is 0 Å². The lowest BCUT2D eigenvalue weighted by molar-refractivity contribution is -0.0104. The number of hydrogen-bond donors (Lipinski definition) is 1. The van der Waals surface area contributed by atoms with Crippen molar-refractivity contribution < 1.29 is 14.2 Å². The van der Waals surface area contributed by atoms with Gasteiger partial charge < -0.3 is 14.7 Å². The molecule has 0 radical (unpaired) electrons. The smallest absolute Gasteiger partial charge is 0.123 e. The first-order valence-corrected chi connectivity index (χ1v) is 8.47. The number of likely N-dealkylation sites (tertiary alicyclic amines) is 1. The third-order valence-corrected chi connectivity index (χ3v) is 5.25. The average Bonchev–Trinajstić information content (AvgIpc) is 2.86. The molecule has 22 heavy (non-hydrogen) atoms. The van der Waals surface area contributed by atoms with E-state index in [0.29, 0.717) is 6.61 Å². The van der Waals surface area contributed by atoms with Crippen molar-refractivity contribution in [2.45, 2.75) is 44.6 Å². The number of halogens is 1. The number of aliphatic hydroxyl groups is 1. The Bertz CT molecular complexity index is 478. The van der Waals surface area contributed by atoms with Crippen LogP contribution in [-0.4, -0.2) is 42.4 Å². The highest BCUT2D eigenvalue weighted by Gasteiger charge is 2.44. The molecule has 4 heteroatoms. The zero-order valence-corrected chi connectivity index (χ0v) is 13.1. The number of hydrogen-bond acceptors (Lipinski definition) is 3. The fourth-order valence-electron chi connectivity index (χ4n) is 4.05. The summed E-state index contributed by atoms with van der Waals surface area (Å²) in [5.74, 6) is 0.490. The van der Waals surface area contributed by atoms with Crippen molar-refractivity contribution >= 4 is 0 Å². The van der Waals surface area contributed by atoms with Crippen LogP contribution in [0.5, 0.6) is 5.75 Å². The summed E-state index contributed by atoms with van der Waals surface area (Å²) in [4.78, 5) is 2.48. The van der Waals surface area contributed by atoms with E-state index < -0.39 is 0 Å². The van der Waals surface area contributed by atoms with E-state index in [9.17, 15) is 9.50 Å². The Morgan fingerprint density at radius 1 is 1.23 bits per heavy atom. The SMILES string of the molecule is O[C@@H]1CCC[C@]12CCCN(CCCOc1ccc(F)cc1)C2. The average molecular weight is 307 g/mol. The molecule has 122 valence electrons. The minimum atomic E-state index is -0.235. The molecular formula is C18H26FNO2. The molecule has 1 saturated carbocycles. The maximum Gasteiger partial charge on any atom is 0.123 e. The molecule has 3 rings (SSSR count). The first-order valence-electron chi connectivity index (χ1n) is 8.47. The van der Waals surface area contributed by atoms with Crippen molar-refractivity contribution in [2.24, 2.45) is 5.41 Å². The molecule has 1 aromatic carbocycles. The van der Waals surface area contributed by atoms with Gasteiger partial charge in [-0.3, -0.25) is 0 Å². The molecule has 1 aliphatic heterocycles. The van der Waals surface area contributed by atoms with E-state index in [4.69, 9.17) is 4.74 Å². The van der Waals surface area contributed by atoms with E-state index >= 15 is 0 Å². The standard InChI is InChI=1S/C18H26FNO2/c19-15-5-7-16(8-6-15)22-13-3-12-20-11-2-10-18(14-20)9-1-4-17(18)21/h5-8,17,21H,1-4,9-14H2/t17-,18-/m1/s1. The summed E-state index contributed by atoms with van der Waals surface area (Å²) in [5.41, 5.74) is 0.163. The summed E-state index contributed by atoms with van der Waals surface area (Å²) in [6.07, 6.45) is 6.54. The molecule has 3 nitrogen and oxygen atoms in total. The van der Waals surface area contributed by atoms with Crippen molar-refractivity contribution in [3.8, 4) is 5.75 Å². The fraction of sp³-hybridized carbons (Fsp3) is 0.667. The molecular weight excluding hydrogens is 281 g/mol. The molecule has 2 fully saturated rings. The molecule has 1 saturated heterocycles. The van der Waals surface area contributed by atoms with Gasteiger partial charge in [0, 0.05) is 18.5 Å². The van der Waals surface area contributed by atoms with Crippen molar-refractivity contribution in [3.63, 3.8) is 0 Å². The minimum Gasteiger partial charge on any atom is -0.494 e. The van der Waals surface area contributed by atoms with Gasteiger partial charge in [-0.05, 0) is 62.9 Å². The Labute approximate surface area is 132 Å². The van der Waals surface area contributed by atoms with Gasteiger partial charge in [0.2, 0.25) is 0 Å². The van der Waals surface area contributed by atoms with Crippen LogP contribution in [0.4, 0.5) is 4.39 Å². The summed E-state index contributed by atoms with van der Waals surface area (Å²) in [6.45, 7) is 3.82. The maximum absolute atomic E-state index is 12.8. The number of ether oxygens (including phenoxy) is 1. The number of piperidine rings is 1. The van der Waals surface area contributed by atoms with Gasteiger partial charge in [0.1, 0.15) is 11.6 Å². The lowest BCUT2D eigenvalue weighted by Crippen LogP contribution is -2.47. The van der Waals surface area contributed by atoms with Crippen LogP contribution in [-0.2, 0) is 0 Å². The topological polar surface area (TPSA) is 32.7 Å². The number of benzene rings is 1. The molecule has 1 spiro atoms. The third kappa shape index (κ3) is 3.61. The third-order valence-electron chi connectivity index (χ3n) is 5.25. The van der Waals surface area contributed by atoms with Crippen LogP contribution in [0.15, 0.2) is 24.3 Å². The van der Waals surface area contributed by atoms with Crippen molar-refractivity contribution in [2.75, 3.05) is 26.2 Å². The Hall–Kier alpha value is -1.13. The molecule has 0 bridgehead atoms. The van der Waals surface area contributed by atoms with E-state index in [1.807, 2.05) is 0 Å². The molecule has 0 amide bonds. The fourth-order valence-corrected chi connectivity index (χ4v) is 4.05. The van der Waals surface area contributed by atoms with Crippen LogP contribution in [0.3, 0.4) is 0 Å². The first kappa shape index (κ1) is 15.8. The Balaban J connectivity index is 1.41. The molecule has 1 aliphatic carbocycles. The summed E-state index contributed by atoms with van der Waals surface area (Å²) in [6, 6.07) is 6.18. The van der Waals surface area contributed by atoms with Gasteiger partial charge in [-0.15, -0.1) is 0 Å². The van der Waals surface area contributed by atoms with Gasteiger partial charge in [-0.1, -0.05) is 6.42 Å². The van der Waals surface area contributed by atoms with Crippen LogP contribution in [0.1, 0.15) is 38.5 Å². The van der Waals surface area contributed by atoms with Crippen LogP contribution in [0.25, 0.3) is 0 Å². The van der Waals surface area contributed by atoms with Gasteiger partial charge in [0.25, 0.3) is 0 Å². The molecule has 1 heterocycles. The zero-order chi connectivity index (χ0) is 15.4. The Morgan fingerprint density at radius 2 is 2.00 bits per heavy atom. The van der Waals surface area contributed by atoms with Crippen LogP contribution >= 0.6 is 0 Å². The van der Waals surface area contributed by atoms with Crippen molar-refractivity contribution in [3.05, 3.63) is 30.1 Å². The highest BCUT2D eigenvalue weighted by molar-refractivity contribution is 5.21. The minimum absolute atomic E-state index is 0.106. The Kier molecular flexibility index (Phi) is 4.99. The second-order valence-corrected chi connectivity index (χ2v) is 6.81. The number of nitrogens with zero attached hydrogens (tertiary/aromatic N) is 1. The second-order valence-electron chi connectivity index (χ2n) is 6.81. The predicted octanol–water partition coefficient (Wildman–Crippen LogP) is 3.22.